The Balaban J connectivity index is 1.66. The van der Waals surface area contributed by atoms with Gasteiger partial charge in [-0.25, -0.2) is 0 Å². The topological polar surface area (TPSA) is 65.7 Å². The van der Waals surface area contributed by atoms with Gasteiger partial charge in [-0.1, -0.05) is 37.0 Å². The Morgan fingerprint density at radius 1 is 1.07 bits per heavy atom. The van der Waals surface area contributed by atoms with Crippen molar-refractivity contribution in [1.82, 2.24) is 10.2 Å². The average Bonchev–Trinajstić information content (AvgIpc) is 2.70. The van der Waals surface area contributed by atoms with E-state index in [0.29, 0.717) is 6.04 Å². The van der Waals surface area contributed by atoms with Gasteiger partial charge in [-0.2, -0.15) is 0 Å². The maximum absolute atomic E-state index is 6.42. The van der Waals surface area contributed by atoms with E-state index in [1.54, 1.807) is 0 Å². The number of rotatable bonds is 6. The molecule has 1 aliphatic heterocycles. The third-order valence-electron chi connectivity index (χ3n) is 6.88. The number of aliphatic imine (C=N–C) groups is 1. The largest absolute Gasteiger partial charge is 0.352 e. The second-order valence-corrected chi connectivity index (χ2v) is 9.56. The van der Waals surface area contributed by atoms with E-state index in [-0.39, 0.29) is 6.04 Å². The van der Waals surface area contributed by atoms with E-state index in [0.717, 1.165) is 44.4 Å². The lowest BCUT2D eigenvalue weighted by Crippen LogP contribution is -2.51. The third-order valence-corrected chi connectivity index (χ3v) is 6.88. The minimum Gasteiger partial charge on any atom is -0.352 e. The van der Waals surface area contributed by atoms with E-state index in [1.807, 2.05) is 0 Å². The van der Waals surface area contributed by atoms with E-state index in [9.17, 15) is 0 Å². The van der Waals surface area contributed by atoms with Crippen LogP contribution in [0.3, 0.4) is 0 Å². The minimum absolute atomic E-state index is 0.208. The summed E-state index contributed by atoms with van der Waals surface area (Å²) in [5, 5.41) is 7.30. The third kappa shape index (κ3) is 6.45. The quantitative estimate of drug-likeness (QED) is 0.365. The predicted octanol–water partition coefficient (Wildman–Crippen LogP) is 4.50. The maximum atomic E-state index is 6.42. The number of hydrogen-bond acceptors (Lipinski definition) is 3. The van der Waals surface area contributed by atoms with Crippen LogP contribution >= 0.6 is 0 Å². The molecule has 0 bridgehead atoms. The Morgan fingerprint density at radius 2 is 1.77 bits per heavy atom. The summed E-state index contributed by atoms with van der Waals surface area (Å²) in [5.74, 6) is 0.888. The van der Waals surface area contributed by atoms with Crippen LogP contribution in [0.5, 0.6) is 0 Å². The van der Waals surface area contributed by atoms with Crippen molar-refractivity contribution in [1.29, 1.82) is 0 Å². The van der Waals surface area contributed by atoms with E-state index in [2.05, 4.69) is 55.4 Å². The molecular formula is C25H43N5. The van der Waals surface area contributed by atoms with Gasteiger partial charge in [-0.3, -0.25) is 4.99 Å². The lowest BCUT2D eigenvalue weighted by Gasteiger charge is -2.33. The van der Waals surface area contributed by atoms with E-state index in [4.69, 9.17) is 10.7 Å². The number of nitrogens with zero attached hydrogens (tertiary/aromatic N) is 2. The summed E-state index contributed by atoms with van der Waals surface area (Å²) in [7, 11) is 0. The highest BCUT2D eigenvalue weighted by molar-refractivity contribution is 5.95. The van der Waals surface area contributed by atoms with Crippen LogP contribution in [0.15, 0.2) is 17.1 Å². The highest BCUT2D eigenvalue weighted by Gasteiger charge is 2.23. The predicted molar refractivity (Wildman–Crippen MR) is 129 cm³/mol. The summed E-state index contributed by atoms with van der Waals surface area (Å²) >= 11 is 0. The zero-order valence-corrected chi connectivity index (χ0v) is 19.6. The molecular weight excluding hydrogens is 370 g/mol. The number of nitrogens with two attached hydrogens (primary N) is 1. The number of nitrogens with one attached hydrogen (secondary N) is 2. The molecule has 30 heavy (non-hydrogen) atoms. The molecule has 168 valence electrons. The molecule has 1 aliphatic carbocycles. The molecule has 0 amide bonds. The first kappa shape index (κ1) is 23.1. The number of likely N-dealkylation sites (tertiary alicyclic amines) is 1. The van der Waals surface area contributed by atoms with Gasteiger partial charge in [0.05, 0.1) is 0 Å². The number of guanidine groups is 1. The molecule has 3 atom stereocenters. The first-order valence-corrected chi connectivity index (χ1v) is 12.1. The summed E-state index contributed by atoms with van der Waals surface area (Å²) < 4.78 is 0. The van der Waals surface area contributed by atoms with Gasteiger partial charge in [0.1, 0.15) is 0 Å². The second kappa shape index (κ2) is 11.1. The van der Waals surface area contributed by atoms with Crippen molar-refractivity contribution in [2.24, 2.45) is 10.7 Å². The van der Waals surface area contributed by atoms with Crippen molar-refractivity contribution < 1.29 is 0 Å². The van der Waals surface area contributed by atoms with E-state index < -0.39 is 0 Å². The first-order valence-electron chi connectivity index (χ1n) is 12.1. The Hall–Kier alpha value is -1.59. The smallest absolute Gasteiger partial charge is 0.196 e. The van der Waals surface area contributed by atoms with Gasteiger partial charge in [0.15, 0.2) is 5.96 Å². The van der Waals surface area contributed by atoms with Crippen molar-refractivity contribution in [3.05, 3.63) is 28.8 Å². The standard InChI is InChI=1S/C25H43N5/c1-18-16-19(2)24(20(3)17-18)29-25(28-23-12-6-5-11-22(23)26)27-13-9-15-30-14-8-7-10-21(30)4/h16-17,21-23H,5-15,26H2,1-4H3,(H2,27,28,29)/t21?,22-,23-/m0/s1. The van der Waals surface area contributed by atoms with Crippen LogP contribution in [-0.4, -0.2) is 48.6 Å². The zero-order chi connectivity index (χ0) is 21.5. The van der Waals surface area contributed by atoms with Crippen LogP contribution in [0.25, 0.3) is 0 Å². The van der Waals surface area contributed by atoms with Crippen molar-refractivity contribution >= 4 is 11.6 Å². The van der Waals surface area contributed by atoms with Gasteiger partial charge in [-0.05, 0) is 77.5 Å². The van der Waals surface area contributed by atoms with E-state index >= 15 is 0 Å². The van der Waals surface area contributed by atoms with Gasteiger partial charge in [0, 0.05) is 36.9 Å². The molecule has 4 N–H and O–H groups in total. The molecule has 0 radical (unpaired) electrons. The number of aryl methyl sites for hydroxylation is 3. The minimum atomic E-state index is 0.208. The van der Waals surface area contributed by atoms with Gasteiger partial charge < -0.3 is 21.3 Å². The lowest BCUT2D eigenvalue weighted by molar-refractivity contribution is 0.160. The van der Waals surface area contributed by atoms with Crippen molar-refractivity contribution in [2.75, 3.05) is 25.0 Å². The monoisotopic (exact) mass is 413 g/mol. The highest BCUT2D eigenvalue weighted by atomic mass is 15.2. The van der Waals surface area contributed by atoms with Crippen molar-refractivity contribution in [3.8, 4) is 0 Å². The average molecular weight is 414 g/mol. The number of piperidine rings is 1. The van der Waals surface area contributed by atoms with Crippen LogP contribution in [0.4, 0.5) is 5.69 Å². The molecule has 0 aromatic heterocycles. The lowest BCUT2D eigenvalue weighted by atomic mass is 9.91. The molecule has 1 unspecified atom stereocenters. The molecule has 3 rings (SSSR count). The fourth-order valence-corrected chi connectivity index (χ4v) is 5.09. The number of anilines is 1. The van der Waals surface area contributed by atoms with Crippen LogP contribution in [-0.2, 0) is 0 Å². The van der Waals surface area contributed by atoms with Crippen LogP contribution in [0, 0.1) is 20.8 Å². The van der Waals surface area contributed by atoms with Crippen LogP contribution in [0.2, 0.25) is 0 Å². The Bertz CT molecular complexity index is 690. The zero-order valence-electron chi connectivity index (χ0n) is 19.6. The van der Waals surface area contributed by atoms with Gasteiger partial charge in [-0.15, -0.1) is 0 Å². The van der Waals surface area contributed by atoms with Crippen LogP contribution < -0.4 is 16.4 Å². The van der Waals surface area contributed by atoms with Crippen molar-refractivity contribution in [3.63, 3.8) is 0 Å². The van der Waals surface area contributed by atoms with Crippen molar-refractivity contribution in [2.45, 2.75) is 97.2 Å². The Kier molecular flexibility index (Phi) is 8.58. The molecule has 2 aliphatic rings. The molecule has 5 heteroatoms. The second-order valence-electron chi connectivity index (χ2n) is 9.56. The summed E-state index contributed by atoms with van der Waals surface area (Å²) in [4.78, 5) is 7.60. The molecule has 1 aromatic carbocycles. The van der Waals surface area contributed by atoms with Crippen LogP contribution in [0.1, 0.15) is 75.0 Å². The summed E-state index contributed by atoms with van der Waals surface area (Å²) in [6, 6.07) is 5.70. The molecule has 1 heterocycles. The summed E-state index contributed by atoms with van der Waals surface area (Å²) in [5.41, 5.74) is 11.4. The molecule has 2 fully saturated rings. The van der Waals surface area contributed by atoms with E-state index in [1.165, 1.54) is 61.0 Å². The van der Waals surface area contributed by atoms with Gasteiger partial charge in [0.2, 0.25) is 0 Å². The van der Waals surface area contributed by atoms with Gasteiger partial charge >= 0.3 is 0 Å². The molecule has 1 saturated carbocycles. The number of hydrogen-bond donors (Lipinski definition) is 3. The normalized spacial score (nSPS) is 25.9. The fraction of sp³-hybridized carbons (Fsp3) is 0.720. The number of benzene rings is 1. The molecule has 1 aromatic rings. The highest BCUT2D eigenvalue weighted by Crippen LogP contribution is 2.23. The fourth-order valence-electron chi connectivity index (χ4n) is 5.09. The summed E-state index contributed by atoms with van der Waals surface area (Å²) in [6.07, 6.45) is 9.86. The first-order chi connectivity index (χ1) is 14.4. The maximum Gasteiger partial charge on any atom is 0.196 e. The Labute approximate surface area is 183 Å². The SMILES string of the molecule is Cc1cc(C)c(NC(=NCCCN2CCCCC2C)N[C@H]2CCCC[C@@H]2N)c(C)c1. The summed E-state index contributed by atoms with van der Waals surface area (Å²) in [6.45, 7) is 12.1. The molecule has 5 nitrogen and oxygen atoms in total. The molecule has 0 spiro atoms. The van der Waals surface area contributed by atoms with Gasteiger partial charge in [0.25, 0.3) is 0 Å². The Morgan fingerprint density at radius 3 is 2.47 bits per heavy atom. The molecule has 1 saturated heterocycles.